The first-order valence-electron chi connectivity index (χ1n) is 5.04. The minimum Gasteiger partial charge on any atom is -0.392 e. The van der Waals surface area contributed by atoms with Gasteiger partial charge >= 0.3 is 5.69 Å². The summed E-state index contributed by atoms with van der Waals surface area (Å²) in [7, 11) is 0. The lowest BCUT2D eigenvalue weighted by Crippen LogP contribution is -2.55. The van der Waals surface area contributed by atoms with Crippen LogP contribution in [0.2, 0.25) is 0 Å². The molecule has 6 N–H and O–H groups in total. The second-order valence-corrected chi connectivity index (χ2v) is 3.71. The fraction of sp³-hybridized carbons (Fsp3) is 0.556. The van der Waals surface area contributed by atoms with Gasteiger partial charge in [0.25, 0.3) is 0 Å². The second-order valence-electron chi connectivity index (χ2n) is 3.71. The zero-order valence-electron chi connectivity index (χ0n) is 9.65. The summed E-state index contributed by atoms with van der Waals surface area (Å²) in [6, 6.07) is 1.34. The minimum absolute atomic E-state index is 0.0233. The molecular weight excluding hydrogens is 247 g/mol. The van der Waals surface area contributed by atoms with Gasteiger partial charge in [-0.05, 0) is 13.0 Å². The number of nitrogens with two attached hydrogens (primary N) is 2. The predicted octanol–water partition coefficient (Wildman–Crippen LogP) is -1.70. The fourth-order valence-electron chi connectivity index (χ4n) is 1.25. The molecule has 0 aliphatic carbocycles. The van der Waals surface area contributed by atoms with Gasteiger partial charge in [0.05, 0.1) is 6.61 Å². The minimum atomic E-state index is -2.61. The Morgan fingerprint density at radius 1 is 1.72 bits per heavy atom. The van der Waals surface area contributed by atoms with Crippen LogP contribution >= 0.6 is 0 Å². The zero-order valence-corrected chi connectivity index (χ0v) is 9.65. The van der Waals surface area contributed by atoms with Gasteiger partial charge < -0.3 is 20.7 Å². The molecule has 0 bridgehead atoms. The molecule has 0 aliphatic heterocycles. The molecule has 0 fully saturated rings. The maximum atomic E-state index is 12.8. The molecule has 102 valence electrons. The summed E-state index contributed by atoms with van der Waals surface area (Å²) < 4.78 is 18.7. The molecule has 1 heterocycles. The fourth-order valence-corrected chi connectivity index (χ4v) is 1.25. The molecule has 0 radical (unpaired) electrons. The molecular formula is C9H15FN4O4. The van der Waals surface area contributed by atoms with Crippen LogP contribution in [0, 0.1) is 0 Å². The molecule has 1 aromatic rings. The second kappa shape index (κ2) is 5.40. The van der Waals surface area contributed by atoms with Crippen molar-refractivity contribution in [2.45, 2.75) is 25.2 Å². The Labute approximate surface area is 102 Å². The average Bonchev–Trinajstić information content (AvgIpc) is 2.28. The molecule has 0 saturated heterocycles. The van der Waals surface area contributed by atoms with E-state index < -0.39 is 30.6 Å². The van der Waals surface area contributed by atoms with E-state index in [1.165, 1.54) is 19.2 Å². The third kappa shape index (κ3) is 3.01. The number of aliphatic hydroxyl groups is 2. The molecule has 0 aromatic carbocycles. The van der Waals surface area contributed by atoms with Crippen molar-refractivity contribution < 1.29 is 19.3 Å². The summed E-state index contributed by atoms with van der Waals surface area (Å²) in [5, 5.41) is 17.7. The van der Waals surface area contributed by atoms with Gasteiger partial charge in [-0.1, -0.05) is 0 Å². The lowest BCUT2D eigenvalue weighted by molar-refractivity contribution is -0.223. The van der Waals surface area contributed by atoms with Crippen LogP contribution in [0.4, 0.5) is 10.2 Å². The van der Waals surface area contributed by atoms with Crippen molar-refractivity contribution in [2.24, 2.45) is 5.73 Å². The number of ether oxygens (including phenoxy) is 1. The number of aliphatic hydroxyl groups excluding tert-OH is 2. The topological polar surface area (TPSA) is 137 Å². The molecule has 18 heavy (non-hydrogen) atoms. The van der Waals surface area contributed by atoms with Crippen molar-refractivity contribution in [3.63, 3.8) is 0 Å². The number of anilines is 1. The van der Waals surface area contributed by atoms with Crippen molar-refractivity contribution in [3.05, 3.63) is 22.7 Å². The van der Waals surface area contributed by atoms with Crippen LogP contribution in [0.3, 0.4) is 0 Å². The van der Waals surface area contributed by atoms with Gasteiger partial charge in [-0.25, -0.2) is 9.18 Å². The summed E-state index contributed by atoms with van der Waals surface area (Å²) in [6.45, 7) is 0.408. The van der Waals surface area contributed by atoms with Gasteiger partial charge in [-0.2, -0.15) is 4.98 Å². The monoisotopic (exact) mass is 262 g/mol. The van der Waals surface area contributed by atoms with Gasteiger partial charge in [0.1, 0.15) is 12.0 Å². The van der Waals surface area contributed by atoms with Gasteiger partial charge in [0.2, 0.25) is 6.36 Å². The van der Waals surface area contributed by atoms with E-state index in [9.17, 15) is 9.18 Å². The van der Waals surface area contributed by atoms with Crippen molar-refractivity contribution in [2.75, 3.05) is 12.3 Å². The molecule has 0 saturated carbocycles. The lowest BCUT2D eigenvalue weighted by Gasteiger charge is -2.31. The first-order chi connectivity index (χ1) is 8.30. The first-order valence-corrected chi connectivity index (χ1v) is 5.04. The Bertz CT molecular complexity index is 466. The normalized spacial score (nSPS) is 18.1. The van der Waals surface area contributed by atoms with Crippen LogP contribution < -0.4 is 17.2 Å². The number of aromatic nitrogens is 2. The number of alkyl halides is 1. The predicted molar refractivity (Wildman–Crippen MR) is 59.8 cm³/mol. The van der Waals surface area contributed by atoms with Crippen LogP contribution in [-0.2, 0) is 4.74 Å². The molecule has 3 atom stereocenters. The quantitative estimate of drug-likeness (QED) is 0.464. The van der Waals surface area contributed by atoms with Gasteiger partial charge in [-0.3, -0.25) is 10.3 Å². The third-order valence-electron chi connectivity index (χ3n) is 2.28. The Kier molecular flexibility index (Phi) is 4.35. The van der Waals surface area contributed by atoms with E-state index in [0.717, 1.165) is 4.57 Å². The van der Waals surface area contributed by atoms with Crippen molar-refractivity contribution in [1.82, 2.24) is 9.55 Å². The van der Waals surface area contributed by atoms with E-state index in [1.54, 1.807) is 0 Å². The highest BCUT2D eigenvalue weighted by Crippen LogP contribution is 2.17. The number of nitrogen functional groups attached to an aromatic ring is 1. The number of halogens is 1. The average molecular weight is 262 g/mol. The summed E-state index contributed by atoms with van der Waals surface area (Å²) in [6.07, 6.45) is -2.38. The van der Waals surface area contributed by atoms with E-state index in [4.69, 9.17) is 26.4 Å². The standard InChI is InChI=1S/C9H15FN4O4/c1-5(18-9(12,4-15)7(10)16)14-3-2-6(11)13-8(14)17/h2-3,5,7,15-16H,4,12H2,1H3,(H2,11,13,17)/t5-,7-,9-/m1/s1. The Morgan fingerprint density at radius 2 is 2.33 bits per heavy atom. The number of hydrogen-bond donors (Lipinski definition) is 4. The summed E-state index contributed by atoms with van der Waals surface area (Å²) in [5.41, 5.74) is 7.55. The highest BCUT2D eigenvalue weighted by molar-refractivity contribution is 5.23. The summed E-state index contributed by atoms with van der Waals surface area (Å²) in [4.78, 5) is 14.9. The molecule has 0 spiro atoms. The van der Waals surface area contributed by atoms with Crippen LogP contribution in [-0.4, -0.2) is 38.5 Å². The van der Waals surface area contributed by atoms with E-state index >= 15 is 0 Å². The zero-order chi connectivity index (χ0) is 13.9. The highest BCUT2D eigenvalue weighted by atomic mass is 19.1. The van der Waals surface area contributed by atoms with Gasteiger partial charge in [0, 0.05) is 6.20 Å². The number of hydrogen-bond acceptors (Lipinski definition) is 7. The molecule has 0 aliphatic rings. The lowest BCUT2D eigenvalue weighted by atomic mass is 10.2. The van der Waals surface area contributed by atoms with Crippen molar-refractivity contribution in [3.8, 4) is 0 Å². The van der Waals surface area contributed by atoms with Crippen molar-refractivity contribution in [1.29, 1.82) is 0 Å². The van der Waals surface area contributed by atoms with E-state index in [0.29, 0.717) is 0 Å². The van der Waals surface area contributed by atoms with Crippen molar-refractivity contribution >= 4 is 5.82 Å². The molecule has 8 nitrogen and oxygen atoms in total. The Hall–Kier alpha value is -1.55. The highest BCUT2D eigenvalue weighted by Gasteiger charge is 2.37. The van der Waals surface area contributed by atoms with Gasteiger partial charge in [0.15, 0.2) is 5.72 Å². The van der Waals surface area contributed by atoms with Crippen LogP contribution in [0.5, 0.6) is 0 Å². The smallest absolute Gasteiger partial charge is 0.351 e. The molecule has 1 aromatic heterocycles. The third-order valence-corrected chi connectivity index (χ3v) is 2.28. The van der Waals surface area contributed by atoms with Crippen LogP contribution in [0.1, 0.15) is 13.2 Å². The van der Waals surface area contributed by atoms with Crippen LogP contribution in [0.25, 0.3) is 0 Å². The summed E-state index contributed by atoms with van der Waals surface area (Å²) >= 11 is 0. The number of nitrogens with zero attached hydrogens (tertiary/aromatic N) is 2. The van der Waals surface area contributed by atoms with Crippen LogP contribution in [0.15, 0.2) is 17.1 Å². The Morgan fingerprint density at radius 3 is 2.78 bits per heavy atom. The van der Waals surface area contributed by atoms with E-state index in [1.807, 2.05) is 0 Å². The maximum absolute atomic E-state index is 12.8. The SMILES string of the molecule is C[C@@H](O[C@](N)(CO)[C@@H](O)F)n1ccc(N)nc1=O. The first kappa shape index (κ1) is 14.5. The maximum Gasteiger partial charge on any atom is 0.351 e. The largest absolute Gasteiger partial charge is 0.392 e. The molecule has 0 amide bonds. The molecule has 9 heteroatoms. The summed E-state index contributed by atoms with van der Waals surface area (Å²) in [5.74, 6) is 0.0233. The number of rotatable bonds is 5. The van der Waals surface area contributed by atoms with E-state index in [2.05, 4.69) is 4.98 Å². The molecule has 0 unspecified atom stereocenters. The van der Waals surface area contributed by atoms with E-state index in [-0.39, 0.29) is 5.82 Å². The Balaban J connectivity index is 2.94. The van der Waals surface area contributed by atoms with Gasteiger partial charge in [-0.15, -0.1) is 0 Å². The molecule has 1 rings (SSSR count).